The van der Waals surface area contributed by atoms with Gasteiger partial charge in [0, 0.05) is 22.1 Å². The van der Waals surface area contributed by atoms with Gasteiger partial charge in [-0.15, -0.1) is 0 Å². The van der Waals surface area contributed by atoms with Crippen LogP contribution in [0.1, 0.15) is 18.2 Å². The number of hydrogen-bond donors (Lipinski definition) is 0. The summed E-state index contributed by atoms with van der Waals surface area (Å²) in [5.41, 5.74) is 4.24. The Hall–Kier alpha value is -3.56. The average molecular weight is 422 g/mol. The monoisotopic (exact) mass is 421 g/mol. The molecule has 0 amide bonds. The van der Waals surface area contributed by atoms with Gasteiger partial charge in [0.25, 0.3) is 0 Å². The van der Waals surface area contributed by atoms with E-state index in [1.807, 2.05) is 72.8 Å². The SMILES string of the molecule is ClC1=CCC(c2nc(-c3ccccc3)nc(-c3cccc(-c4ccccc4)c3)n2)C=C1. The van der Waals surface area contributed by atoms with E-state index in [2.05, 4.69) is 30.3 Å². The summed E-state index contributed by atoms with van der Waals surface area (Å²) in [6.07, 6.45) is 6.76. The second-order valence-corrected chi connectivity index (χ2v) is 7.88. The highest BCUT2D eigenvalue weighted by atomic mass is 35.5. The van der Waals surface area contributed by atoms with Gasteiger partial charge in [-0.3, -0.25) is 0 Å². The van der Waals surface area contributed by atoms with Gasteiger partial charge >= 0.3 is 0 Å². The van der Waals surface area contributed by atoms with E-state index in [4.69, 9.17) is 26.6 Å². The molecule has 1 aromatic heterocycles. The number of aromatic nitrogens is 3. The molecule has 0 saturated heterocycles. The fraction of sp³-hybridized carbons (Fsp3) is 0.0741. The van der Waals surface area contributed by atoms with Crippen molar-refractivity contribution in [1.82, 2.24) is 15.0 Å². The average Bonchev–Trinajstić information content (AvgIpc) is 2.85. The van der Waals surface area contributed by atoms with E-state index in [0.717, 1.165) is 39.5 Å². The van der Waals surface area contributed by atoms with Gasteiger partial charge in [-0.05, 0) is 29.7 Å². The van der Waals surface area contributed by atoms with Gasteiger partial charge < -0.3 is 0 Å². The minimum atomic E-state index is 0.0732. The fourth-order valence-corrected chi connectivity index (χ4v) is 3.82. The van der Waals surface area contributed by atoms with Crippen molar-refractivity contribution in [2.45, 2.75) is 12.3 Å². The summed E-state index contributed by atoms with van der Waals surface area (Å²) in [5.74, 6) is 2.19. The van der Waals surface area contributed by atoms with Crippen LogP contribution in [0.5, 0.6) is 0 Å². The Labute approximate surface area is 186 Å². The molecule has 3 aromatic carbocycles. The topological polar surface area (TPSA) is 38.7 Å². The number of nitrogens with zero attached hydrogens (tertiary/aromatic N) is 3. The lowest BCUT2D eigenvalue weighted by Crippen LogP contribution is -2.08. The first-order valence-corrected chi connectivity index (χ1v) is 10.7. The fourth-order valence-electron chi connectivity index (χ4n) is 3.66. The maximum absolute atomic E-state index is 6.12. The Morgan fingerprint density at radius 3 is 1.94 bits per heavy atom. The van der Waals surface area contributed by atoms with Crippen LogP contribution in [0.4, 0.5) is 0 Å². The van der Waals surface area contributed by atoms with Crippen molar-refractivity contribution in [3.05, 3.63) is 114 Å². The molecule has 150 valence electrons. The Morgan fingerprint density at radius 2 is 1.26 bits per heavy atom. The van der Waals surface area contributed by atoms with Crippen LogP contribution in [0.25, 0.3) is 33.9 Å². The van der Waals surface area contributed by atoms with Crippen molar-refractivity contribution < 1.29 is 0 Å². The maximum atomic E-state index is 6.12. The normalized spacial score (nSPS) is 15.5. The molecule has 0 saturated carbocycles. The second kappa shape index (κ2) is 8.66. The smallest absolute Gasteiger partial charge is 0.163 e. The van der Waals surface area contributed by atoms with Gasteiger partial charge in [0.05, 0.1) is 0 Å². The zero-order valence-electron chi connectivity index (χ0n) is 16.8. The van der Waals surface area contributed by atoms with E-state index in [9.17, 15) is 0 Å². The van der Waals surface area contributed by atoms with E-state index in [-0.39, 0.29) is 5.92 Å². The van der Waals surface area contributed by atoms with Crippen molar-refractivity contribution in [3.8, 4) is 33.9 Å². The zero-order valence-corrected chi connectivity index (χ0v) is 17.6. The van der Waals surface area contributed by atoms with E-state index < -0.39 is 0 Å². The first-order valence-electron chi connectivity index (χ1n) is 10.3. The molecular weight excluding hydrogens is 402 g/mol. The van der Waals surface area contributed by atoms with Crippen LogP contribution in [0.3, 0.4) is 0 Å². The van der Waals surface area contributed by atoms with Crippen LogP contribution in [-0.4, -0.2) is 15.0 Å². The molecule has 5 rings (SSSR count). The van der Waals surface area contributed by atoms with Crippen LogP contribution < -0.4 is 0 Å². The minimum Gasteiger partial charge on any atom is -0.212 e. The summed E-state index contributed by atoms with van der Waals surface area (Å²) >= 11 is 6.12. The van der Waals surface area contributed by atoms with Gasteiger partial charge in [0.2, 0.25) is 0 Å². The molecular formula is C27H20ClN3. The molecule has 1 aliphatic carbocycles. The van der Waals surface area contributed by atoms with Crippen molar-refractivity contribution in [3.63, 3.8) is 0 Å². The largest absolute Gasteiger partial charge is 0.212 e. The predicted octanol–water partition coefficient (Wildman–Crippen LogP) is 7.04. The van der Waals surface area contributed by atoms with E-state index in [1.54, 1.807) is 0 Å². The van der Waals surface area contributed by atoms with Gasteiger partial charge in [0.15, 0.2) is 11.6 Å². The lowest BCUT2D eigenvalue weighted by molar-refractivity contribution is 0.763. The summed E-state index contributed by atoms with van der Waals surface area (Å²) in [4.78, 5) is 14.5. The number of benzene rings is 3. The summed E-state index contributed by atoms with van der Waals surface area (Å²) in [7, 11) is 0. The third kappa shape index (κ3) is 4.32. The Kier molecular flexibility index (Phi) is 5.42. The molecule has 0 aliphatic heterocycles. The van der Waals surface area contributed by atoms with Gasteiger partial charge in [-0.2, -0.15) is 0 Å². The lowest BCUT2D eigenvalue weighted by Gasteiger charge is -2.15. The standard InChI is InChI=1S/C27H20ClN3/c28-24-16-14-21(15-17-24)26-29-25(20-10-5-2-6-11-20)30-27(31-26)23-13-7-12-22(18-23)19-8-3-1-4-9-19/h1-14,16-18,21H,15H2. The van der Waals surface area contributed by atoms with Crippen molar-refractivity contribution >= 4 is 11.6 Å². The molecule has 1 aliphatic rings. The molecule has 0 bridgehead atoms. The molecule has 0 N–H and O–H groups in total. The van der Waals surface area contributed by atoms with Crippen molar-refractivity contribution in [2.24, 2.45) is 0 Å². The summed E-state index contributed by atoms with van der Waals surface area (Å²) < 4.78 is 0. The van der Waals surface area contributed by atoms with Crippen LogP contribution >= 0.6 is 11.6 Å². The highest BCUT2D eigenvalue weighted by Gasteiger charge is 2.18. The number of rotatable bonds is 4. The van der Waals surface area contributed by atoms with Crippen LogP contribution in [0.15, 0.2) is 108 Å². The summed E-state index contributed by atoms with van der Waals surface area (Å²) in [6.45, 7) is 0. The molecule has 0 radical (unpaired) electrons. The van der Waals surface area contributed by atoms with Gasteiger partial charge in [-0.1, -0.05) is 103 Å². The molecule has 4 aromatic rings. The van der Waals surface area contributed by atoms with E-state index in [0.29, 0.717) is 11.6 Å². The van der Waals surface area contributed by atoms with Crippen LogP contribution in [-0.2, 0) is 0 Å². The first-order chi connectivity index (χ1) is 15.3. The number of allylic oxidation sites excluding steroid dienone is 4. The van der Waals surface area contributed by atoms with Gasteiger partial charge in [0.1, 0.15) is 5.82 Å². The predicted molar refractivity (Wildman–Crippen MR) is 127 cm³/mol. The quantitative estimate of drug-likeness (QED) is 0.354. The molecule has 1 heterocycles. The van der Waals surface area contributed by atoms with E-state index >= 15 is 0 Å². The molecule has 0 spiro atoms. The molecule has 0 fully saturated rings. The minimum absolute atomic E-state index is 0.0732. The maximum Gasteiger partial charge on any atom is 0.163 e. The molecule has 4 heteroatoms. The van der Waals surface area contributed by atoms with Crippen molar-refractivity contribution in [1.29, 1.82) is 0 Å². The molecule has 1 unspecified atom stereocenters. The number of halogens is 1. The third-order valence-electron chi connectivity index (χ3n) is 5.30. The highest BCUT2D eigenvalue weighted by Crippen LogP contribution is 2.30. The second-order valence-electron chi connectivity index (χ2n) is 7.44. The Balaban J connectivity index is 1.61. The van der Waals surface area contributed by atoms with Crippen molar-refractivity contribution in [2.75, 3.05) is 0 Å². The molecule has 1 atom stereocenters. The van der Waals surface area contributed by atoms with Gasteiger partial charge in [-0.25, -0.2) is 15.0 Å². The highest BCUT2D eigenvalue weighted by molar-refractivity contribution is 6.31. The Morgan fingerprint density at radius 1 is 0.645 bits per heavy atom. The van der Waals surface area contributed by atoms with Crippen LogP contribution in [0, 0.1) is 0 Å². The summed E-state index contributed by atoms with van der Waals surface area (Å²) in [5, 5.41) is 0.754. The third-order valence-corrected chi connectivity index (χ3v) is 5.58. The number of hydrogen-bond acceptors (Lipinski definition) is 3. The molecule has 3 nitrogen and oxygen atoms in total. The molecule has 31 heavy (non-hydrogen) atoms. The summed E-state index contributed by atoms with van der Waals surface area (Å²) in [6, 6.07) is 28.7. The zero-order chi connectivity index (χ0) is 21.0. The first kappa shape index (κ1) is 19.4. The lowest BCUT2D eigenvalue weighted by atomic mass is 9.99. The van der Waals surface area contributed by atoms with Crippen LogP contribution in [0.2, 0.25) is 0 Å². The Bertz CT molecular complexity index is 1260. The van der Waals surface area contributed by atoms with E-state index in [1.165, 1.54) is 0 Å².